The monoisotopic (exact) mass is 353 g/mol. The number of amides is 1. The summed E-state index contributed by atoms with van der Waals surface area (Å²) >= 11 is 0. The molecule has 0 aliphatic carbocycles. The van der Waals surface area contributed by atoms with Crippen LogP contribution in [-0.4, -0.2) is 24.6 Å². The maximum Gasteiger partial charge on any atom is 0.376 e. The van der Waals surface area contributed by atoms with Gasteiger partial charge in [-0.2, -0.15) is 0 Å². The second-order valence-corrected chi connectivity index (χ2v) is 5.59. The number of carbonyl (C=O) groups excluding carboxylic acids is 2. The van der Waals surface area contributed by atoms with Crippen molar-refractivity contribution >= 4 is 28.5 Å². The summed E-state index contributed by atoms with van der Waals surface area (Å²) in [4.78, 5) is 24.7. The molecule has 26 heavy (non-hydrogen) atoms. The summed E-state index contributed by atoms with van der Waals surface area (Å²) in [7, 11) is 0. The van der Waals surface area contributed by atoms with Gasteiger partial charge in [-0.1, -0.05) is 30.3 Å². The summed E-state index contributed by atoms with van der Waals surface area (Å²) in [6.45, 7) is 3.54. The Morgan fingerprint density at radius 2 is 1.77 bits per heavy atom. The Labute approximate surface area is 150 Å². The van der Waals surface area contributed by atoms with Gasteiger partial charge < -0.3 is 19.2 Å². The van der Waals surface area contributed by atoms with E-state index in [1.54, 1.807) is 50.2 Å². The van der Waals surface area contributed by atoms with E-state index in [0.29, 0.717) is 16.7 Å². The number of ether oxygens (including phenoxy) is 2. The van der Waals surface area contributed by atoms with Gasteiger partial charge in [-0.3, -0.25) is 4.79 Å². The van der Waals surface area contributed by atoms with Crippen molar-refractivity contribution in [3.63, 3.8) is 0 Å². The number of carbonyl (C=O) groups is 2. The fourth-order valence-corrected chi connectivity index (χ4v) is 2.49. The zero-order chi connectivity index (χ0) is 18.5. The van der Waals surface area contributed by atoms with Gasteiger partial charge in [0.25, 0.3) is 5.91 Å². The molecule has 1 heterocycles. The van der Waals surface area contributed by atoms with E-state index >= 15 is 0 Å². The van der Waals surface area contributed by atoms with E-state index in [1.165, 1.54) is 0 Å². The fraction of sp³-hybridized carbons (Fsp3) is 0.200. The van der Waals surface area contributed by atoms with Gasteiger partial charge in [0.1, 0.15) is 17.0 Å². The molecule has 0 saturated carbocycles. The second-order valence-electron chi connectivity index (χ2n) is 5.59. The normalized spacial score (nSPS) is 11.8. The average molecular weight is 353 g/mol. The lowest BCUT2D eigenvalue weighted by atomic mass is 10.2. The van der Waals surface area contributed by atoms with Crippen LogP contribution in [-0.2, 0) is 9.53 Å². The third-order valence-corrected chi connectivity index (χ3v) is 3.73. The van der Waals surface area contributed by atoms with Crippen LogP contribution < -0.4 is 10.1 Å². The number of hydrogen-bond donors (Lipinski definition) is 1. The zero-order valence-corrected chi connectivity index (χ0v) is 14.5. The quantitative estimate of drug-likeness (QED) is 0.677. The summed E-state index contributed by atoms with van der Waals surface area (Å²) < 4.78 is 16.2. The largest absolute Gasteiger partial charge is 0.481 e. The molecule has 3 rings (SSSR count). The van der Waals surface area contributed by atoms with E-state index in [2.05, 4.69) is 5.32 Å². The molecule has 0 aliphatic rings. The molecular formula is C20H19NO5. The van der Waals surface area contributed by atoms with E-state index in [1.807, 2.05) is 18.2 Å². The smallest absolute Gasteiger partial charge is 0.376 e. The Bertz CT molecular complexity index is 916. The second kappa shape index (κ2) is 7.74. The summed E-state index contributed by atoms with van der Waals surface area (Å²) in [5.74, 6) is -0.479. The molecule has 134 valence electrons. The van der Waals surface area contributed by atoms with Crippen LogP contribution in [0.5, 0.6) is 5.75 Å². The lowest BCUT2D eigenvalue weighted by Gasteiger charge is -2.14. The number of nitrogens with one attached hydrogen (secondary N) is 1. The van der Waals surface area contributed by atoms with Gasteiger partial charge in [0.05, 0.1) is 6.61 Å². The standard InChI is InChI=1S/C20H19NO5/c1-3-24-20(23)18-17(15-11-7-8-12-16(15)26-18)21-19(22)13(2)25-14-9-5-4-6-10-14/h4-13H,3H2,1-2H3,(H,21,22)/t13-/m0/s1. The Kier molecular flexibility index (Phi) is 5.22. The Morgan fingerprint density at radius 3 is 2.50 bits per heavy atom. The van der Waals surface area contributed by atoms with Crippen molar-refractivity contribution in [1.29, 1.82) is 0 Å². The molecule has 0 radical (unpaired) electrons. The Morgan fingerprint density at radius 1 is 1.08 bits per heavy atom. The Balaban J connectivity index is 1.85. The first-order chi connectivity index (χ1) is 12.6. The minimum Gasteiger partial charge on any atom is -0.481 e. The van der Waals surface area contributed by atoms with E-state index < -0.39 is 18.0 Å². The van der Waals surface area contributed by atoms with Crippen molar-refractivity contribution in [2.45, 2.75) is 20.0 Å². The molecular weight excluding hydrogens is 334 g/mol. The third kappa shape index (κ3) is 3.69. The highest BCUT2D eigenvalue weighted by Gasteiger charge is 2.25. The van der Waals surface area contributed by atoms with Crippen LogP contribution in [0, 0.1) is 0 Å². The summed E-state index contributed by atoms with van der Waals surface area (Å²) in [6.07, 6.45) is -0.763. The SMILES string of the molecule is CCOC(=O)c1oc2ccccc2c1NC(=O)[C@H](C)Oc1ccccc1. The number of fused-ring (bicyclic) bond motifs is 1. The number of anilines is 1. The highest BCUT2D eigenvalue weighted by molar-refractivity contribution is 6.10. The lowest BCUT2D eigenvalue weighted by molar-refractivity contribution is -0.122. The molecule has 1 atom stereocenters. The van der Waals surface area contributed by atoms with E-state index in [4.69, 9.17) is 13.9 Å². The molecule has 0 bridgehead atoms. The highest BCUT2D eigenvalue weighted by Crippen LogP contribution is 2.31. The number of hydrogen-bond acceptors (Lipinski definition) is 5. The molecule has 0 unspecified atom stereocenters. The first kappa shape index (κ1) is 17.5. The van der Waals surface area contributed by atoms with Gasteiger partial charge in [0.15, 0.2) is 6.10 Å². The van der Waals surface area contributed by atoms with Crippen molar-refractivity contribution in [3.05, 3.63) is 60.4 Å². The third-order valence-electron chi connectivity index (χ3n) is 3.73. The maximum atomic E-state index is 12.6. The van der Waals surface area contributed by atoms with Crippen LogP contribution in [0.4, 0.5) is 5.69 Å². The number of esters is 1. The van der Waals surface area contributed by atoms with Gasteiger partial charge in [-0.25, -0.2) is 4.79 Å². The minimum atomic E-state index is -0.763. The average Bonchev–Trinajstić information content (AvgIpc) is 3.01. The topological polar surface area (TPSA) is 77.8 Å². The highest BCUT2D eigenvalue weighted by atomic mass is 16.5. The van der Waals surface area contributed by atoms with E-state index in [0.717, 1.165) is 0 Å². The molecule has 0 saturated heterocycles. The molecule has 1 aromatic heterocycles. The van der Waals surface area contributed by atoms with Gasteiger partial charge in [-0.05, 0) is 38.1 Å². The molecule has 3 aromatic rings. The molecule has 6 heteroatoms. The number of benzene rings is 2. The van der Waals surface area contributed by atoms with Crippen molar-refractivity contribution in [2.75, 3.05) is 11.9 Å². The molecule has 1 N–H and O–H groups in total. The van der Waals surface area contributed by atoms with Crippen molar-refractivity contribution in [3.8, 4) is 5.75 Å². The first-order valence-electron chi connectivity index (χ1n) is 8.31. The summed E-state index contributed by atoms with van der Waals surface area (Å²) in [6, 6.07) is 16.1. The van der Waals surface area contributed by atoms with Crippen LogP contribution in [0.25, 0.3) is 11.0 Å². The van der Waals surface area contributed by atoms with Crippen LogP contribution in [0.2, 0.25) is 0 Å². The maximum absolute atomic E-state index is 12.6. The van der Waals surface area contributed by atoms with Crippen LogP contribution in [0.3, 0.4) is 0 Å². The van der Waals surface area contributed by atoms with Gasteiger partial charge in [-0.15, -0.1) is 0 Å². The summed E-state index contributed by atoms with van der Waals surface area (Å²) in [5.41, 5.74) is 0.773. The number of para-hydroxylation sites is 2. The van der Waals surface area contributed by atoms with Crippen molar-refractivity contribution in [1.82, 2.24) is 0 Å². The van der Waals surface area contributed by atoms with E-state index in [9.17, 15) is 9.59 Å². The predicted octanol–water partition coefficient (Wildman–Crippen LogP) is 4.02. The first-order valence-corrected chi connectivity index (χ1v) is 8.31. The van der Waals surface area contributed by atoms with Crippen molar-refractivity contribution < 1.29 is 23.5 Å². The molecule has 0 spiro atoms. The minimum absolute atomic E-state index is 0.0340. The number of rotatable bonds is 6. The van der Waals surface area contributed by atoms with Crippen LogP contribution in [0.1, 0.15) is 24.4 Å². The van der Waals surface area contributed by atoms with Crippen molar-refractivity contribution in [2.24, 2.45) is 0 Å². The van der Waals surface area contributed by atoms with Crippen LogP contribution in [0.15, 0.2) is 59.0 Å². The molecule has 1 amide bonds. The van der Waals surface area contributed by atoms with Gasteiger partial charge in [0, 0.05) is 5.39 Å². The van der Waals surface area contributed by atoms with Crippen LogP contribution >= 0.6 is 0 Å². The Hall–Kier alpha value is -3.28. The van der Waals surface area contributed by atoms with Gasteiger partial charge in [0.2, 0.25) is 5.76 Å². The molecule has 0 aliphatic heterocycles. The predicted molar refractivity (Wildman–Crippen MR) is 97.3 cm³/mol. The lowest BCUT2D eigenvalue weighted by Crippen LogP contribution is -2.30. The van der Waals surface area contributed by atoms with Gasteiger partial charge >= 0.3 is 5.97 Å². The number of furan rings is 1. The fourth-order valence-electron chi connectivity index (χ4n) is 2.49. The zero-order valence-electron chi connectivity index (χ0n) is 14.5. The summed E-state index contributed by atoms with van der Waals surface area (Å²) in [5, 5.41) is 3.36. The molecule has 0 fully saturated rings. The van der Waals surface area contributed by atoms with E-state index in [-0.39, 0.29) is 18.1 Å². The molecule has 2 aromatic carbocycles. The molecule has 6 nitrogen and oxygen atoms in total.